The molecule has 2 heterocycles. The minimum Gasteiger partial charge on any atom is -0.487 e. The molecular weight excluding hydrogens is 539 g/mol. The Balaban J connectivity index is 1.20. The van der Waals surface area contributed by atoms with Crippen LogP contribution in [-0.2, 0) is 19.6 Å². The highest BCUT2D eigenvalue weighted by atomic mass is 79.9. The quantitative estimate of drug-likeness (QED) is 0.153. The average Bonchev–Trinajstić information content (AvgIpc) is 3.50. The summed E-state index contributed by atoms with van der Waals surface area (Å²) >= 11 is 3.25. The standard InChI is InChI=1S/C27H30BrFN4O2Si/c1-36(2,3)27-17-33(32-31-27)15-5-4-6-20-7-12-24(13-8-20)34-18-23-19-35-26(30-23)14-10-21-9-11-22(28)16-25(21)29/h7-14,16-17,19H,4-6,15,18H2,1-3H3. The number of oxazole rings is 1. The Kier molecular flexibility index (Phi) is 8.53. The van der Waals surface area contributed by atoms with Gasteiger partial charge in [-0.15, -0.1) is 5.10 Å². The second-order valence-corrected chi connectivity index (χ2v) is 15.6. The number of hydrogen-bond acceptors (Lipinski definition) is 5. The first-order valence-corrected chi connectivity index (χ1v) is 16.3. The van der Waals surface area contributed by atoms with Crippen molar-refractivity contribution < 1.29 is 13.5 Å². The van der Waals surface area contributed by atoms with Crippen molar-refractivity contribution in [1.82, 2.24) is 20.0 Å². The molecule has 4 aromatic rings. The molecule has 0 radical (unpaired) electrons. The Morgan fingerprint density at radius 2 is 1.89 bits per heavy atom. The van der Waals surface area contributed by atoms with Gasteiger partial charge < -0.3 is 9.15 Å². The highest BCUT2D eigenvalue weighted by Crippen LogP contribution is 2.19. The lowest BCUT2D eigenvalue weighted by atomic mass is 10.1. The third-order valence-electron chi connectivity index (χ3n) is 5.66. The molecule has 0 aliphatic rings. The van der Waals surface area contributed by atoms with Crippen LogP contribution in [0.3, 0.4) is 0 Å². The van der Waals surface area contributed by atoms with Crippen LogP contribution in [-0.4, -0.2) is 28.1 Å². The van der Waals surface area contributed by atoms with E-state index in [-0.39, 0.29) is 5.82 Å². The maximum Gasteiger partial charge on any atom is 0.218 e. The van der Waals surface area contributed by atoms with Gasteiger partial charge in [0.1, 0.15) is 38.2 Å². The Morgan fingerprint density at radius 3 is 2.61 bits per heavy atom. The summed E-state index contributed by atoms with van der Waals surface area (Å²) in [6, 6.07) is 13.0. The molecule has 188 valence electrons. The number of aryl methyl sites for hydroxylation is 2. The van der Waals surface area contributed by atoms with Crippen LogP contribution in [0, 0.1) is 5.82 Å². The smallest absolute Gasteiger partial charge is 0.218 e. The van der Waals surface area contributed by atoms with Gasteiger partial charge in [0.05, 0.1) is 5.32 Å². The summed E-state index contributed by atoms with van der Waals surface area (Å²) in [7, 11) is -1.40. The fourth-order valence-electron chi connectivity index (χ4n) is 3.53. The average molecular weight is 570 g/mol. The zero-order valence-corrected chi connectivity index (χ0v) is 23.3. The predicted molar refractivity (Wildman–Crippen MR) is 146 cm³/mol. The van der Waals surface area contributed by atoms with Crippen molar-refractivity contribution in [3.05, 3.63) is 87.9 Å². The van der Waals surface area contributed by atoms with Gasteiger partial charge in [-0.2, -0.15) is 0 Å². The number of hydrogen-bond donors (Lipinski definition) is 0. The van der Waals surface area contributed by atoms with Gasteiger partial charge in [0, 0.05) is 28.9 Å². The lowest BCUT2D eigenvalue weighted by molar-refractivity contribution is 0.301. The molecule has 2 aromatic heterocycles. The lowest BCUT2D eigenvalue weighted by Crippen LogP contribution is -2.38. The second-order valence-electron chi connectivity index (χ2n) is 9.68. The maximum absolute atomic E-state index is 13.9. The largest absolute Gasteiger partial charge is 0.487 e. The first kappa shape index (κ1) is 26.0. The SMILES string of the molecule is C[Si](C)(C)c1cn(CCCCc2ccc(OCc3coc(C=Cc4ccc(Br)cc4F)n3)cc2)nn1. The van der Waals surface area contributed by atoms with Crippen LogP contribution >= 0.6 is 15.9 Å². The third kappa shape index (κ3) is 7.48. The number of rotatable bonds is 11. The van der Waals surface area contributed by atoms with E-state index in [0.717, 1.165) is 36.9 Å². The van der Waals surface area contributed by atoms with Gasteiger partial charge in [0.15, 0.2) is 0 Å². The van der Waals surface area contributed by atoms with Gasteiger partial charge in [-0.1, -0.05) is 59.0 Å². The molecule has 0 saturated heterocycles. The van der Waals surface area contributed by atoms with Crippen molar-refractivity contribution >= 4 is 41.5 Å². The van der Waals surface area contributed by atoms with Crippen molar-refractivity contribution in [3.63, 3.8) is 0 Å². The molecular formula is C27H30BrFN4O2Si. The normalized spacial score (nSPS) is 11.9. The van der Waals surface area contributed by atoms with Crippen molar-refractivity contribution in [3.8, 4) is 5.75 Å². The van der Waals surface area contributed by atoms with Gasteiger partial charge >= 0.3 is 0 Å². The first-order chi connectivity index (χ1) is 17.3. The molecule has 0 N–H and O–H groups in total. The Labute approximate surface area is 220 Å². The van der Waals surface area contributed by atoms with E-state index in [9.17, 15) is 4.39 Å². The summed E-state index contributed by atoms with van der Waals surface area (Å²) in [6.45, 7) is 8.03. The highest BCUT2D eigenvalue weighted by Gasteiger charge is 2.20. The molecule has 0 unspecified atom stereocenters. The van der Waals surface area contributed by atoms with Gasteiger partial charge in [-0.05, 0) is 55.2 Å². The molecule has 0 saturated carbocycles. The Morgan fingerprint density at radius 1 is 1.08 bits per heavy atom. The lowest BCUT2D eigenvalue weighted by Gasteiger charge is -2.09. The van der Waals surface area contributed by atoms with E-state index in [2.05, 4.69) is 69.2 Å². The minimum atomic E-state index is -1.40. The number of aromatic nitrogens is 4. The maximum atomic E-state index is 13.9. The summed E-state index contributed by atoms with van der Waals surface area (Å²) in [4.78, 5) is 4.38. The number of halogens is 2. The van der Waals surface area contributed by atoms with Gasteiger partial charge in [-0.25, -0.2) is 9.37 Å². The van der Waals surface area contributed by atoms with Crippen molar-refractivity contribution in [2.24, 2.45) is 0 Å². The predicted octanol–water partition coefficient (Wildman–Crippen LogP) is 6.49. The van der Waals surface area contributed by atoms with Gasteiger partial charge in [-0.3, -0.25) is 4.68 Å². The minimum absolute atomic E-state index is 0.292. The molecule has 9 heteroatoms. The van der Waals surface area contributed by atoms with Crippen LogP contribution in [0.5, 0.6) is 5.75 Å². The fraction of sp³-hybridized carbons (Fsp3) is 0.296. The van der Waals surface area contributed by atoms with Gasteiger partial charge in [0.2, 0.25) is 5.89 Å². The topological polar surface area (TPSA) is 66.0 Å². The van der Waals surface area contributed by atoms with E-state index in [1.54, 1.807) is 30.5 Å². The van der Waals surface area contributed by atoms with Crippen molar-refractivity contribution in [2.45, 2.75) is 52.1 Å². The van der Waals surface area contributed by atoms with Gasteiger partial charge in [0.25, 0.3) is 0 Å². The fourth-order valence-corrected chi connectivity index (χ4v) is 4.74. The molecule has 0 atom stereocenters. The van der Waals surface area contributed by atoms with E-state index >= 15 is 0 Å². The molecule has 6 nitrogen and oxygen atoms in total. The van der Waals surface area contributed by atoms with Crippen LogP contribution in [0.15, 0.2) is 63.8 Å². The van der Waals surface area contributed by atoms with Crippen LogP contribution < -0.4 is 10.1 Å². The molecule has 0 aliphatic carbocycles. The van der Waals surface area contributed by atoms with E-state index in [0.29, 0.717) is 28.2 Å². The van der Waals surface area contributed by atoms with E-state index in [1.165, 1.54) is 11.6 Å². The summed E-state index contributed by atoms with van der Waals surface area (Å²) in [5.74, 6) is 0.858. The number of nitrogens with zero attached hydrogens (tertiary/aromatic N) is 4. The van der Waals surface area contributed by atoms with Crippen LogP contribution in [0.1, 0.15) is 35.6 Å². The van der Waals surface area contributed by atoms with Crippen LogP contribution in [0.2, 0.25) is 19.6 Å². The second kappa shape index (κ2) is 11.8. The molecule has 2 aromatic carbocycles. The van der Waals surface area contributed by atoms with Crippen molar-refractivity contribution in [1.29, 1.82) is 0 Å². The third-order valence-corrected chi connectivity index (χ3v) is 7.92. The van der Waals surface area contributed by atoms with E-state index in [4.69, 9.17) is 9.15 Å². The molecule has 0 fully saturated rings. The summed E-state index contributed by atoms with van der Waals surface area (Å²) in [5, 5.41) is 9.76. The van der Waals surface area contributed by atoms with Crippen LogP contribution in [0.25, 0.3) is 12.2 Å². The molecule has 0 bridgehead atoms. The summed E-state index contributed by atoms with van der Waals surface area (Å²) in [6.07, 6.45) is 10.1. The molecule has 0 amide bonds. The number of benzene rings is 2. The summed E-state index contributed by atoms with van der Waals surface area (Å²) in [5.41, 5.74) is 2.40. The molecule has 0 spiro atoms. The van der Waals surface area contributed by atoms with E-state index < -0.39 is 8.07 Å². The number of ether oxygens (including phenoxy) is 1. The monoisotopic (exact) mass is 568 g/mol. The summed E-state index contributed by atoms with van der Waals surface area (Å²) < 4.78 is 27.9. The zero-order valence-electron chi connectivity index (χ0n) is 20.7. The highest BCUT2D eigenvalue weighted by molar-refractivity contribution is 9.10. The number of unbranched alkanes of at least 4 members (excludes halogenated alkanes) is 1. The molecule has 36 heavy (non-hydrogen) atoms. The molecule has 4 rings (SSSR count). The first-order valence-electron chi connectivity index (χ1n) is 12.0. The van der Waals surface area contributed by atoms with E-state index in [1.807, 2.05) is 16.8 Å². The van der Waals surface area contributed by atoms with Crippen LogP contribution in [0.4, 0.5) is 4.39 Å². The molecule has 0 aliphatic heterocycles. The zero-order chi connectivity index (χ0) is 25.5. The van der Waals surface area contributed by atoms with Crippen molar-refractivity contribution in [2.75, 3.05) is 0 Å². The Hall–Kier alpha value is -3.04. The Bertz CT molecular complexity index is 1310.